The van der Waals surface area contributed by atoms with Gasteiger partial charge in [0.2, 0.25) is 0 Å². The van der Waals surface area contributed by atoms with Gasteiger partial charge in [-0.2, -0.15) is 13.2 Å². The standard InChI is InChI=1S/C12H13F3O4S/c1-8(2)19-11(16)7-20(17,18)10-5-3-9(4-6-10)12(13,14)15/h3-6,8H,7H2,1-2H3. The van der Waals surface area contributed by atoms with E-state index >= 15 is 0 Å². The molecule has 0 aliphatic carbocycles. The Labute approximate surface area is 114 Å². The van der Waals surface area contributed by atoms with Gasteiger partial charge in [-0.05, 0) is 38.1 Å². The van der Waals surface area contributed by atoms with Crippen LogP contribution < -0.4 is 0 Å². The van der Waals surface area contributed by atoms with E-state index in [2.05, 4.69) is 4.74 Å². The maximum absolute atomic E-state index is 12.3. The van der Waals surface area contributed by atoms with Crippen LogP contribution in [0, 0.1) is 0 Å². The second-order valence-electron chi connectivity index (χ2n) is 4.32. The van der Waals surface area contributed by atoms with E-state index in [0.29, 0.717) is 12.1 Å². The molecule has 0 atom stereocenters. The lowest BCUT2D eigenvalue weighted by molar-refractivity contribution is -0.144. The molecule has 112 valence electrons. The highest BCUT2D eigenvalue weighted by Crippen LogP contribution is 2.29. The Kier molecular flexibility index (Phi) is 4.80. The van der Waals surface area contributed by atoms with Crippen molar-refractivity contribution in [2.75, 3.05) is 5.75 Å². The zero-order valence-corrected chi connectivity index (χ0v) is 11.6. The highest BCUT2D eigenvalue weighted by atomic mass is 32.2. The van der Waals surface area contributed by atoms with E-state index in [1.807, 2.05) is 0 Å². The minimum absolute atomic E-state index is 0.355. The molecule has 8 heteroatoms. The Balaban J connectivity index is 2.91. The topological polar surface area (TPSA) is 60.4 Å². The first-order valence-corrected chi connectivity index (χ1v) is 7.27. The lowest BCUT2D eigenvalue weighted by Crippen LogP contribution is -2.21. The molecule has 0 saturated carbocycles. The second-order valence-corrected chi connectivity index (χ2v) is 6.31. The molecule has 0 radical (unpaired) electrons. The first-order chi connectivity index (χ1) is 9.02. The molecule has 0 heterocycles. The van der Waals surface area contributed by atoms with Gasteiger partial charge in [0.1, 0.15) is 0 Å². The molecule has 4 nitrogen and oxygen atoms in total. The molecule has 0 saturated heterocycles. The number of carbonyl (C=O) groups is 1. The van der Waals surface area contributed by atoms with E-state index in [1.165, 1.54) is 0 Å². The van der Waals surface area contributed by atoms with Crippen molar-refractivity contribution in [2.45, 2.75) is 31.0 Å². The van der Waals surface area contributed by atoms with E-state index in [4.69, 9.17) is 0 Å². The van der Waals surface area contributed by atoms with Crippen LogP contribution in [0.25, 0.3) is 0 Å². The van der Waals surface area contributed by atoms with E-state index in [9.17, 15) is 26.4 Å². The van der Waals surface area contributed by atoms with Crippen LogP contribution in [-0.2, 0) is 25.5 Å². The van der Waals surface area contributed by atoms with Gasteiger partial charge in [-0.15, -0.1) is 0 Å². The van der Waals surface area contributed by atoms with Gasteiger partial charge in [-0.25, -0.2) is 8.42 Å². The average molecular weight is 310 g/mol. The van der Waals surface area contributed by atoms with Crippen molar-refractivity contribution in [3.63, 3.8) is 0 Å². The number of hydrogen-bond acceptors (Lipinski definition) is 4. The summed E-state index contributed by atoms with van der Waals surface area (Å²) < 4.78 is 65.3. The Bertz CT molecular complexity index is 574. The minimum Gasteiger partial charge on any atom is -0.462 e. The summed E-state index contributed by atoms with van der Waals surface area (Å²) in [5, 5.41) is 0. The van der Waals surface area contributed by atoms with Gasteiger partial charge < -0.3 is 4.74 Å². The molecule has 1 aromatic carbocycles. The molecule has 1 rings (SSSR count). The lowest BCUT2D eigenvalue weighted by Gasteiger charge is -2.10. The highest BCUT2D eigenvalue weighted by molar-refractivity contribution is 7.92. The van der Waals surface area contributed by atoms with Crippen LogP contribution in [0.3, 0.4) is 0 Å². The predicted molar refractivity (Wildman–Crippen MR) is 64.7 cm³/mol. The van der Waals surface area contributed by atoms with E-state index in [1.54, 1.807) is 13.8 Å². The average Bonchev–Trinajstić information content (AvgIpc) is 2.26. The Morgan fingerprint density at radius 2 is 1.70 bits per heavy atom. The van der Waals surface area contributed by atoms with E-state index < -0.39 is 39.4 Å². The molecule has 0 amide bonds. The van der Waals surface area contributed by atoms with Crippen molar-refractivity contribution in [1.29, 1.82) is 0 Å². The molecule has 0 aliphatic rings. The summed E-state index contributed by atoms with van der Waals surface area (Å²) in [5.74, 6) is -1.85. The van der Waals surface area contributed by atoms with Crippen LogP contribution in [0.1, 0.15) is 19.4 Å². The smallest absolute Gasteiger partial charge is 0.416 e. The molecule has 0 spiro atoms. The molecule has 20 heavy (non-hydrogen) atoms. The molecule has 0 fully saturated rings. The summed E-state index contributed by atoms with van der Waals surface area (Å²) in [4.78, 5) is 10.9. The number of benzene rings is 1. The molecule has 0 aliphatic heterocycles. The van der Waals surface area contributed by atoms with Gasteiger partial charge in [0, 0.05) is 0 Å². The quantitative estimate of drug-likeness (QED) is 0.801. The molecule has 0 bridgehead atoms. The van der Waals surface area contributed by atoms with Gasteiger partial charge in [-0.1, -0.05) is 0 Å². The summed E-state index contributed by atoms with van der Waals surface area (Å²) >= 11 is 0. The molecule has 0 N–H and O–H groups in total. The van der Waals surface area contributed by atoms with Crippen molar-refractivity contribution < 1.29 is 31.1 Å². The number of halogens is 3. The van der Waals surface area contributed by atoms with Crippen molar-refractivity contribution in [3.05, 3.63) is 29.8 Å². The summed E-state index contributed by atoms with van der Waals surface area (Å²) in [5.41, 5.74) is -0.957. The van der Waals surface area contributed by atoms with Gasteiger partial charge in [0.05, 0.1) is 16.6 Å². The van der Waals surface area contributed by atoms with Crippen LogP contribution in [0.2, 0.25) is 0 Å². The van der Waals surface area contributed by atoms with Crippen LogP contribution >= 0.6 is 0 Å². The van der Waals surface area contributed by atoms with Crippen LogP contribution in [0.5, 0.6) is 0 Å². The zero-order valence-electron chi connectivity index (χ0n) is 10.8. The number of carbonyl (C=O) groups excluding carboxylic acids is 1. The van der Waals surface area contributed by atoms with E-state index in [-0.39, 0.29) is 4.90 Å². The van der Waals surface area contributed by atoms with Crippen molar-refractivity contribution >= 4 is 15.8 Å². The fraction of sp³-hybridized carbons (Fsp3) is 0.417. The number of rotatable bonds is 4. The van der Waals surface area contributed by atoms with Crippen molar-refractivity contribution in [2.24, 2.45) is 0 Å². The minimum atomic E-state index is -4.54. The molecule has 0 aromatic heterocycles. The van der Waals surface area contributed by atoms with Gasteiger partial charge in [-0.3, -0.25) is 4.79 Å². The first kappa shape index (κ1) is 16.5. The number of esters is 1. The first-order valence-electron chi connectivity index (χ1n) is 5.62. The second kappa shape index (κ2) is 5.82. The zero-order chi connectivity index (χ0) is 15.6. The predicted octanol–water partition coefficient (Wildman–Crippen LogP) is 2.43. The largest absolute Gasteiger partial charge is 0.462 e. The van der Waals surface area contributed by atoms with Crippen molar-refractivity contribution in [1.82, 2.24) is 0 Å². The number of ether oxygens (including phenoxy) is 1. The Hall–Kier alpha value is -1.57. The molecule has 0 unspecified atom stereocenters. The molecular weight excluding hydrogens is 297 g/mol. The third-order valence-corrected chi connectivity index (χ3v) is 3.82. The third kappa shape index (κ3) is 4.52. The van der Waals surface area contributed by atoms with Crippen LogP contribution in [-0.4, -0.2) is 26.2 Å². The monoisotopic (exact) mass is 310 g/mol. The molecular formula is C12H13F3O4S. The highest BCUT2D eigenvalue weighted by Gasteiger charge is 2.31. The van der Waals surface area contributed by atoms with Gasteiger partial charge in [0.15, 0.2) is 15.6 Å². The fourth-order valence-electron chi connectivity index (χ4n) is 1.39. The number of sulfone groups is 1. The maximum atomic E-state index is 12.3. The molecule has 1 aromatic rings. The normalized spacial score (nSPS) is 12.5. The summed E-state index contributed by atoms with van der Waals surface area (Å²) in [6.45, 7) is 3.12. The SMILES string of the molecule is CC(C)OC(=O)CS(=O)(=O)c1ccc(C(F)(F)F)cc1. The Morgan fingerprint density at radius 3 is 2.10 bits per heavy atom. The lowest BCUT2D eigenvalue weighted by atomic mass is 10.2. The van der Waals surface area contributed by atoms with Gasteiger partial charge in [0.25, 0.3) is 0 Å². The number of hydrogen-bond donors (Lipinski definition) is 0. The van der Waals surface area contributed by atoms with Crippen molar-refractivity contribution in [3.8, 4) is 0 Å². The van der Waals surface area contributed by atoms with E-state index in [0.717, 1.165) is 12.1 Å². The summed E-state index contributed by atoms with van der Waals surface area (Å²) in [6, 6.07) is 2.95. The van der Waals surface area contributed by atoms with Gasteiger partial charge >= 0.3 is 12.1 Å². The summed E-state index contributed by atoms with van der Waals surface area (Å²) in [7, 11) is -4.01. The summed E-state index contributed by atoms with van der Waals surface area (Å²) in [6.07, 6.45) is -5.01. The number of alkyl halides is 3. The fourth-order valence-corrected chi connectivity index (χ4v) is 2.48. The van der Waals surface area contributed by atoms with Crippen LogP contribution in [0.15, 0.2) is 29.2 Å². The Morgan fingerprint density at radius 1 is 1.20 bits per heavy atom. The third-order valence-electron chi connectivity index (χ3n) is 2.22. The van der Waals surface area contributed by atoms with Crippen LogP contribution in [0.4, 0.5) is 13.2 Å². The maximum Gasteiger partial charge on any atom is 0.416 e.